The molecule has 0 saturated carbocycles. The number of benzene rings is 2. The predicted molar refractivity (Wildman–Crippen MR) is 108 cm³/mol. The van der Waals surface area contributed by atoms with Crippen molar-refractivity contribution in [2.24, 2.45) is 0 Å². The Morgan fingerprint density at radius 3 is 2.58 bits per heavy atom. The van der Waals surface area contributed by atoms with E-state index in [0.29, 0.717) is 17.5 Å². The van der Waals surface area contributed by atoms with Gasteiger partial charge in [-0.05, 0) is 36.2 Å². The van der Waals surface area contributed by atoms with Crippen molar-refractivity contribution in [3.05, 3.63) is 77.4 Å². The molecule has 0 radical (unpaired) electrons. The number of likely N-dealkylation sites (tertiary alicyclic amines) is 1. The Labute approximate surface area is 186 Å². The molecule has 2 amide bonds. The quantitative estimate of drug-likeness (QED) is 0.577. The Hall–Kier alpha value is -3.89. The Morgan fingerprint density at radius 1 is 1.15 bits per heavy atom. The van der Waals surface area contributed by atoms with Crippen LogP contribution < -0.4 is 10.1 Å². The van der Waals surface area contributed by atoms with Crippen molar-refractivity contribution in [2.75, 3.05) is 0 Å². The molecule has 1 N–H and O–H groups in total. The molecule has 1 atom stereocenters. The first-order valence-electron chi connectivity index (χ1n) is 10.1. The van der Waals surface area contributed by atoms with Crippen molar-refractivity contribution in [3.63, 3.8) is 0 Å². The van der Waals surface area contributed by atoms with Gasteiger partial charge in [0.05, 0.1) is 6.54 Å². The third-order valence-corrected chi connectivity index (χ3v) is 5.05. The van der Waals surface area contributed by atoms with E-state index < -0.39 is 12.4 Å². The normalized spacial score (nSPS) is 16.2. The summed E-state index contributed by atoms with van der Waals surface area (Å²) in [6.45, 7) is 0.219. The minimum absolute atomic E-state index is 0.0541. The van der Waals surface area contributed by atoms with Crippen molar-refractivity contribution < 1.29 is 32.0 Å². The molecule has 4 rings (SSSR count). The summed E-state index contributed by atoms with van der Waals surface area (Å²) in [5, 5.41) is 6.58. The summed E-state index contributed by atoms with van der Waals surface area (Å²) in [6, 6.07) is 13.5. The fourth-order valence-corrected chi connectivity index (χ4v) is 3.51. The molecule has 172 valence electrons. The first kappa shape index (κ1) is 22.3. The fraction of sp³-hybridized carbons (Fsp3) is 0.273. The average molecular weight is 460 g/mol. The van der Waals surface area contributed by atoms with Crippen molar-refractivity contribution in [1.29, 1.82) is 0 Å². The summed E-state index contributed by atoms with van der Waals surface area (Å²) in [5.74, 6) is -0.246. The zero-order valence-corrected chi connectivity index (χ0v) is 17.2. The van der Waals surface area contributed by atoms with Crippen LogP contribution in [0.1, 0.15) is 46.5 Å². The number of nitrogens with one attached hydrogen (secondary N) is 1. The number of hydrogen-bond donors (Lipinski definition) is 1. The lowest BCUT2D eigenvalue weighted by Crippen LogP contribution is -2.27. The summed E-state index contributed by atoms with van der Waals surface area (Å²) in [6.07, 6.45) is -4.03. The zero-order valence-electron chi connectivity index (χ0n) is 17.2. The summed E-state index contributed by atoms with van der Waals surface area (Å²) < 4.78 is 46.2. The van der Waals surface area contributed by atoms with Crippen LogP contribution in [0.3, 0.4) is 0 Å². The van der Waals surface area contributed by atoms with Crippen LogP contribution >= 0.6 is 0 Å². The van der Waals surface area contributed by atoms with Gasteiger partial charge in [0.25, 0.3) is 5.91 Å². The van der Waals surface area contributed by atoms with Gasteiger partial charge in [-0.25, -0.2) is 0 Å². The van der Waals surface area contributed by atoms with Crippen LogP contribution in [-0.2, 0) is 17.9 Å². The minimum Gasteiger partial charge on any atom is -0.406 e. The van der Waals surface area contributed by atoms with E-state index in [-0.39, 0.29) is 48.8 Å². The first-order valence-corrected chi connectivity index (χ1v) is 10.1. The third-order valence-electron chi connectivity index (χ3n) is 5.05. The maximum atomic E-state index is 12.4. The largest absolute Gasteiger partial charge is 0.573 e. The number of carbonyl (C=O) groups is 2. The van der Waals surface area contributed by atoms with Crippen LogP contribution in [0.5, 0.6) is 5.75 Å². The van der Waals surface area contributed by atoms with Gasteiger partial charge in [0.1, 0.15) is 11.8 Å². The van der Waals surface area contributed by atoms with E-state index in [1.54, 1.807) is 29.2 Å². The molecular formula is C22H19F3N4O4. The first-order chi connectivity index (χ1) is 15.8. The molecule has 1 aliphatic rings. The second-order valence-corrected chi connectivity index (χ2v) is 7.37. The summed E-state index contributed by atoms with van der Waals surface area (Å²) >= 11 is 0. The van der Waals surface area contributed by atoms with Gasteiger partial charge in [-0.2, -0.15) is 4.98 Å². The van der Waals surface area contributed by atoms with Gasteiger partial charge in [-0.1, -0.05) is 35.5 Å². The number of amides is 2. The highest BCUT2D eigenvalue weighted by Gasteiger charge is 2.36. The molecule has 1 aliphatic heterocycles. The van der Waals surface area contributed by atoms with Crippen LogP contribution in [0.2, 0.25) is 0 Å². The van der Waals surface area contributed by atoms with Crippen LogP contribution in [0.15, 0.2) is 59.1 Å². The molecule has 0 spiro atoms. The molecule has 11 heteroatoms. The fourth-order valence-electron chi connectivity index (χ4n) is 3.51. The van der Waals surface area contributed by atoms with Crippen LogP contribution in [0.4, 0.5) is 13.2 Å². The molecule has 1 saturated heterocycles. The average Bonchev–Trinajstić information content (AvgIpc) is 3.40. The van der Waals surface area contributed by atoms with E-state index in [2.05, 4.69) is 20.2 Å². The van der Waals surface area contributed by atoms with E-state index in [0.717, 1.165) is 0 Å². The number of rotatable bonds is 7. The lowest BCUT2D eigenvalue weighted by atomic mass is 10.1. The van der Waals surface area contributed by atoms with Crippen LogP contribution in [-0.4, -0.2) is 33.2 Å². The van der Waals surface area contributed by atoms with Gasteiger partial charge in [0, 0.05) is 18.5 Å². The highest BCUT2D eigenvalue weighted by Crippen LogP contribution is 2.33. The van der Waals surface area contributed by atoms with Gasteiger partial charge < -0.3 is 19.5 Å². The maximum absolute atomic E-state index is 12.4. The van der Waals surface area contributed by atoms with E-state index in [1.807, 2.05) is 6.07 Å². The Kier molecular flexibility index (Phi) is 6.29. The summed E-state index contributed by atoms with van der Waals surface area (Å²) in [7, 11) is 0. The summed E-state index contributed by atoms with van der Waals surface area (Å²) in [5.41, 5.74) is 1.13. The lowest BCUT2D eigenvalue weighted by molar-refractivity contribution is -0.274. The molecule has 8 nitrogen and oxygen atoms in total. The minimum atomic E-state index is -4.77. The lowest BCUT2D eigenvalue weighted by Gasteiger charge is -2.22. The Bertz CT molecular complexity index is 1120. The standard InChI is InChI=1S/C22H19F3N4O4/c23-22(24,25)32-16-8-6-14(7-9-16)13-29-17(10-11-19(29)30)21-27-18(28-33-21)12-26-20(31)15-4-2-1-3-5-15/h1-9,17H,10-13H2,(H,26,31)/t17-/m0/s1. The number of carbonyl (C=O) groups excluding carboxylic acids is 2. The third kappa shape index (κ3) is 5.68. The second-order valence-electron chi connectivity index (χ2n) is 7.37. The molecule has 0 bridgehead atoms. The zero-order chi connectivity index (χ0) is 23.4. The van der Waals surface area contributed by atoms with Gasteiger partial charge in [0.2, 0.25) is 11.8 Å². The number of nitrogens with zero attached hydrogens (tertiary/aromatic N) is 3. The predicted octanol–water partition coefficient (Wildman–Crippen LogP) is 3.76. The van der Waals surface area contributed by atoms with E-state index in [9.17, 15) is 22.8 Å². The number of aromatic nitrogens is 2. The molecule has 1 fully saturated rings. The van der Waals surface area contributed by atoms with E-state index >= 15 is 0 Å². The smallest absolute Gasteiger partial charge is 0.406 e. The summed E-state index contributed by atoms with van der Waals surface area (Å²) in [4.78, 5) is 30.4. The topological polar surface area (TPSA) is 97.6 Å². The van der Waals surface area contributed by atoms with Crippen molar-refractivity contribution in [2.45, 2.75) is 38.3 Å². The van der Waals surface area contributed by atoms with Gasteiger partial charge in [-0.3, -0.25) is 9.59 Å². The van der Waals surface area contributed by atoms with Gasteiger partial charge >= 0.3 is 6.36 Å². The number of halogens is 3. The monoisotopic (exact) mass is 460 g/mol. The van der Waals surface area contributed by atoms with Crippen molar-refractivity contribution >= 4 is 11.8 Å². The number of ether oxygens (including phenoxy) is 1. The molecular weight excluding hydrogens is 441 g/mol. The Balaban J connectivity index is 1.39. The molecule has 0 aliphatic carbocycles. The van der Waals surface area contributed by atoms with Crippen LogP contribution in [0.25, 0.3) is 0 Å². The number of hydrogen-bond acceptors (Lipinski definition) is 6. The van der Waals surface area contributed by atoms with Crippen molar-refractivity contribution in [1.82, 2.24) is 20.4 Å². The Morgan fingerprint density at radius 2 is 1.88 bits per heavy atom. The van der Waals surface area contributed by atoms with Gasteiger partial charge in [-0.15, -0.1) is 13.2 Å². The molecule has 3 aromatic rings. The van der Waals surface area contributed by atoms with E-state index in [1.165, 1.54) is 24.3 Å². The molecule has 33 heavy (non-hydrogen) atoms. The molecule has 2 aromatic carbocycles. The highest BCUT2D eigenvalue weighted by molar-refractivity contribution is 5.94. The van der Waals surface area contributed by atoms with Crippen molar-refractivity contribution in [3.8, 4) is 5.75 Å². The molecule has 0 unspecified atom stereocenters. The maximum Gasteiger partial charge on any atom is 0.573 e. The molecule has 1 aromatic heterocycles. The number of alkyl halides is 3. The van der Waals surface area contributed by atoms with E-state index in [4.69, 9.17) is 4.52 Å². The molecule has 2 heterocycles. The van der Waals surface area contributed by atoms with Crippen LogP contribution in [0, 0.1) is 0 Å². The SMILES string of the molecule is O=C(NCc1noc([C@@H]2CCC(=O)N2Cc2ccc(OC(F)(F)F)cc2)n1)c1ccccc1. The second kappa shape index (κ2) is 9.31. The highest BCUT2D eigenvalue weighted by atomic mass is 19.4. The van der Waals surface area contributed by atoms with Gasteiger partial charge in [0.15, 0.2) is 5.82 Å².